The summed E-state index contributed by atoms with van der Waals surface area (Å²) >= 11 is 0. The van der Waals surface area contributed by atoms with Gasteiger partial charge in [-0.05, 0) is 25.1 Å². The zero-order chi connectivity index (χ0) is 13.0. The van der Waals surface area contributed by atoms with E-state index in [-0.39, 0.29) is 0 Å². The Bertz CT molecular complexity index is 209. The van der Waals surface area contributed by atoms with E-state index in [9.17, 15) is 0 Å². The van der Waals surface area contributed by atoms with E-state index in [0.717, 1.165) is 13.0 Å². The molecule has 0 fully saturated rings. The zero-order valence-electron chi connectivity index (χ0n) is 12.2. The van der Waals surface area contributed by atoms with Gasteiger partial charge in [-0.3, -0.25) is 4.99 Å². The van der Waals surface area contributed by atoms with E-state index >= 15 is 0 Å². The maximum absolute atomic E-state index is 4.49. The average Bonchev–Trinajstić information content (AvgIpc) is 2.31. The maximum atomic E-state index is 4.49. The second-order valence-corrected chi connectivity index (χ2v) is 10.5. The van der Waals surface area contributed by atoms with E-state index in [2.05, 4.69) is 43.5 Å². The third-order valence-corrected chi connectivity index (χ3v) is 5.92. The molecule has 0 saturated carbocycles. The number of hydrogen-bond acceptors (Lipinski definition) is 1. The van der Waals surface area contributed by atoms with Crippen LogP contribution in [0.2, 0.25) is 19.1 Å². The van der Waals surface area contributed by atoms with Crippen molar-refractivity contribution in [3.05, 3.63) is 12.3 Å². The van der Waals surface area contributed by atoms with Crippen molar-refractivity contribution in [3.8, 4) is 0 Å². The first kappa shape index (κ1) is 16.6. The van der Waals surface area contributed by atoms with Gasteiger partial charge in [0.15, 0.2) is 0 Å². The number of unbranched alkanes of at least 4 members (excludes halogenated alkanes) is 5. The largest absolute Gasteiger partial charge is 0.298 e. The first-order valence-corrected chi connectivity index (χ1v) is 10.5. The van der Waals surface area contributed by atoms with Crippen molar-refractivity contribution in [2.24, 2.45) is 4.99 Å². The summed E-state index contributed by atoms with van der Waals surface area (Å²) < 4.78 is 0. The van der Waals surface area contributed by atoms with Crippen molar-refractivity contribution in [3.63, 3.8) is 0 Å². The quantitative estimate of drug-likeness (QED) is 0.271. The summed E-state index contributed by atoms with van der Waals surface area (Å²) in [5, 5.41) is 0. The van der Waals surface area contributed by atoms with Gasteiger partial charge in [0.05, 0.1) is 8.07 Å². The predicted octanol–water partition coefficient (Wildman–Crippen LogP) is 5.24. The smallest absolute Gasteiger partial charge is 0.0713 e. The SMILES string of the molecule is C=C[Si](C)(C)CCC=NCCCCCCCC. The molecule has 1 nitrogen and oxygen atoms in total. The molecule has 0 rings (SSSR count). The van der Waals surface area contributed by atoms with Crippen LogP contribution in [0.15, 0.2) is 17.3 Å². The summed E-state index contributed by atoms with van der Waals surface area (Å²) in [6, 6.07) is 1.29. The number of rotatable bonds is 11. The fourth-order valence-electron chi connectivity index (χ4n) is 1.70. The summed E-state index contributed by atoms with van der Waals surface area (Å²) in [4.78, 5) is 4.49. The lowest BCUT2D eigenvalue weighted by Gasteiger charge is -2.14. The Morgan fingerprint density at radius 3 is 2.35 bits per heavy atom. The van der Waals surface area contributed by atoms with Crippen molar-refractivity contribution >= 4 is 14.3 Å². The van der Waals surface area contributed by atoms with Crippen LogP contribution < -0.4 is 0 Å². The molecule has 0 N–H and O–H groups in total. The third kappa shape index (κ3) is 11.9. The van der Waals surface area contributed by atoms with Gasteiger partial charge >= 0.3 is 0 Å². The fourth-order valence-corrected chi connectivity index (χ4v) is 2.78. The Labute approximate surface area is 109 Å². The second-order valence-electron chi connectivity index (χ2n) is 5.59. The molecule has 0 unspecified atom stereocenters. The monoisotopic (exact) mass is 253 g/mol. The first-order chi connectivity index (χ1) is 8.12. The molecule has 0 spiro atoms. The van der Waals surface area contributed by atoms with Gasteiger partial charge in [-0.2, -0.15) is 0 Å². The minimum atomic E-state index is -1.09. The molecule has 0 aromatic rings. The molecule has 0 aliphatic rings. The Balaban J connectivity index is 3.29. The van der Waals surface area contributed by atoms with Gasteiger partial charge in [-0.1, -0.05) is 52.1 Å². The van der Waals surface area contributed by atoms with E-state index in [0.29, 0.717) is 0 Å². The molecule has 0 amide bonds. The highest BCUT2D eigenvalue weighted by Crippen LogP contribution is 2.11. The highest BCUT2D eigenvalue weighted by Gasteiger charge is 2.13. The minimum absolute atomic E-state index is 1.03. The van der Waals surface area contributed by atoms with E-state index in [1.807, 2.05) is 0 Å². The van der Waals surface area contributed by atoms with Gasteiger partial charge in [0.25, 0.3) is 0 Å². The Morgan fingerprint density at radius 1 is 1.06 bits per heavy atom. The van der Waals surface area contributed by atoms with Gasteiger partial charge in [-0.15, -0.1) is 12.3 Å². The summed E-state index contributed by atoms with van der Waals surface area (Å²) in [6.45, 7) is 11.9. The van der Waals surface area contributed by atoms with Crippen molar-refractivity contribution in [1.29, 1.82) is 0 Å². The molecule has 0 bridgehead atoms. The minimum Gasteiger partial charge on any atom is -0.298 e. The van der Waals surface area contributed by atoms with Crippen molar-refractivity contribution < 1.29 is 0 Å². The van der Waals surface area contributed by atoms with Crippen molar-refractivity contribution in [2.75, 3.05) is 6.54 Å². The molecule has 17 heavy (non-hydrogen) atoms. The molecule has 0 saturated heterocycles. The fraction of sp³-hybridized carbons (Fsp3) is 0.800. The zero-order valence-corrected chi connectivity index (χ0v) is 13.2. The molecule has 0 aliphatic carbocycles. The molecule has 0 radical (unpaired) electrons. The number of hydrogen-bond donors (Lipinski definition) is 0. The molecule has 0 heterocycles. The Kier molecular flexibility index (Phi) is 10.5. The lowest BCUT2D eigenvalue weighted by atomic mass is 10.1. The normalized spacial score (nSPS) is 12.2. The molecule has 0 aromatic heterocycles. The van der Waals surface area contributed by atoms with E-state index < -0.39 is 8.07 Å². The molecule has 0 atom stereocenters. The van der Waals surface area contributed by atoms with Crippen LogP contribution in [0.4, 0.5) is 0 Å². The lowest BCUT2D eigenvalue weighted by Crippen LogP contribution is -2.21. The van der Waals surface area contributed by atoms with Gasteiger partial charge in [0.1, 0.15) is 0 Å². The Morgan fingerprint density at radius 2 is 1.71 bits per heavy atom. The summed E-state index contributed by atoms with van der Waals surface area (Å²) in [6.07, 6.45) is 11.4. The lowest BCUT2D eigenvalue weighted by molar-refractivity contribution is 0.612. The van der Waals surface area contributed by atoms with Crippen LogP contribution >= 0.6 is 0 Å². The molecule has 0 aromatic carbocycles. The van der Waals surface area contributed by atoms with E-state index in [1.54, 1.807) is 0 Å². The maximum Gasteiger partial charge on any atom is 0.0713 e. The third-order valence-electron chi connectivity index (χ3n) is 3.24. The van der Waals surface area contributed by atoms with Crippen LogP contribution in [-0.4, -0.2) is 20.8 Å². The van der Waals surface area contributed by atoms with Crippen LogP contribution in [0.3, 0.4) is 0 Å². The topological polar surface area (TPSA) is 12.4 Å². The van der Waals surface area contributed by atoms with Gasteiger partial charge in [0.2, 0.25) is 0 Å². The highest BCUT2D eigenvalue weighted by atomic mass is 28.3. The molecule has 100 valence electrons. The summed E-state index contributed by atoms with van der Waals surface area (Å²) in [5.74, 6) is 0. The van der Waals surface area contributed by atoms with Crippen LogP contribution in [0.5, 0.6) is 0 Å². The highest BCUT2D eigenvalue weighted by molar-refractivity contribution is 6.82. The molecule has 2 heteroatoms. The molecular formula is C15H31NSi. The first-order valence-electron chi connectivity index (χ1n) is 7.24. The standard InChI is InChI=1S/C15H31NSi/c1-5-7-8-9-10-11-13-16-14-12-15-17(3,4)6-2/h6,14H,2,5,7-13,15H2,1,3-4H3. The van der Waals surface area contributed by atoms with Crippen LogP contribution in [-0.2, 0) is 0 Å². The van der Waals surface area contributed by atoms with Gasteiger partial charge in [-0.25, -0.2) is 0 Å². The van der Waals surface area contributed by atoms with Gasteiger partial charge in [0, 0.05) is 6.54 Å². The summed E-state index contributed by atoms with van der Waals surface area (Å²) in [7, 11) is -1.09. The van der Waals surface area contributed by atoms with Crippen molar-refractivity contribution in [2.45, 2.75) is 71.0 Å². The Hall–Kier alpha value is -0.373. The predicted molar refractivity (Wildman–Crippen MR) is 83.8 cm³/mol. The van der Waals surface area contributed by atoms with Gasteiger partial charge < -0.3 is 0 Å². The number of aliphatic imine (C=N–C) groups is 1. The van der Waals surface area contributed by atoms with Crippen LogP contribution in [0.25, 0.3) is 0 Å². The molecular weight excluding hydrogens is 222 g/mol. The van der Waals surface area contributed by atoms with Crippen molar-refractivity contribution in [1.82, 2.24) is 0 Å². The van der Waals surface area contributed by atoms with Crippen LogP contribution in [0, 0.1) is 0 Å². The van der Waals surface area contributed by atoms with E-state index in [1.165, 1.54) is 44.6 Å². The van der Waals surface area contributed by atoms with E-state index in [4.69, 9.17) is 0 Å². The molecule has 0 aliphatic heterocycles. The summed E-state index contributed by atoms with van der Waals surface area (Å²) in [5.41, 5.74) is 2.18. The van der Waals surface area contributed by atoms with Crippen LogP contribution in [0.1, 0.15) is 51.9 Å². The second kappa shape index (κ2) is 10.8. The number of nitrogens with zero attached hydrogens (tertiary/aromatic N) is 1. The average molecular weight is 254 g/mol.